The van der Waals surface area contributed by atoms with Crippen molar-refractivity contribution in [2.75, 3.05) is 5.32 Å². The molecule has 0 aliphatic carbocycles. The van der Waals surface area contributed by atoms with E-state index in [1.807, 2.05) is 6.92 Å². The first kappa shape index (κ1) is 12.9. The van der Waals surface area contributed by atoms with Crippen molar-refractivity contribution < 1.29 is 9.18 Å². The highest BCUT2D eigenvalue weighted by molar-refractivity contribution is 6.04. The molecular weight excluding hydrogens is 249 g/mol. The van der Waals surface area contributed by atoms with E-state index in [0.717, 1.165) is 11.8 Å². The Morgan fingerprint density at radius 3 is 2.68 bits per heavy atom. The van der Waals surface area contributed by atoms with Gasteiger partial charge in [0.1, 0.15) is 12.5 Å². The van der Waals surface area contributed by atoms with Gasteiger partial charge in [-0.15, -0.1) is 0 Å². The molecule has 1 aromatic heterocycles. The van der Waals surface area contributed by atoms with Crippen LogP contribution in [0.4, 0.5) is 10.2 Å². The first-order valence-electron chi connectivity index (χ1n) is 5.62. The molecule has 0 saturated carbocycles. The zero-order chi connectivity index (χ0) is 13.8. The van der Waals surface area contributed by atoms with Crippen molar-refractivity contribution in [3.63, 3.8) is 0 Å². The second-order valence-corrected chi connectivity index (χ2v) is 4.04. The lowest BCUT2D eigenvalue weighted by Gasteiger charge is -2.08. The number of amides is 1. The summed E-state index contributed by atoms with van der Waals surface area (Å²) in [5, 5.41) is 2.46. The predicted octanol–water partition coefficient (Wildman–Crippen LogP) is 1.80. The van der Waals surface area contributed by atoms with E-state index in [4.69, 9.17) is 0 Å². The minimum atomic E-state index is -0.826. The minimum Gasteiger partial charge on any atom is -0.308 e. The molecule has 2 rings (SSSR count). The fourth-order valence-corrected chi connectivity index (χ4v) is 1.52. The summed E-state index contributed by atoms with van der Waals surface area (Å²) in [6.45, 7) is 1.08. The van der Waals surface area contributed by atoms with Gasteiger partial charge in [-0.3, -0.25) is 9.78 Å². The standard InChI is InChI=1S/C13H12FN3O2/c1-8-2-4-9(5-3-8)12(18)16-11-10(6-14)7-15-13(19)17-11/h2-5,7H,6H2,1H3,(H2,15,16,17,18,19). The van der Waals surface area contributed by atoms with Gasteiger partial charge in [0, 0.05) is 17.3 Å². The fourth-order valence-electron chi connectivity index (χ4n) is 1.52. The van der Waals surface area contributed by atoms with Crippen LogP contribution in [0.1, 0.15) is 21.5 Å². The number of nitrogens with one attached hydrogen (secondary N) is 2. The van der Waals surface area contributed by atoms with E-state index < -0.39 is 18.3 Å². The number of aromatic amines is 1. The lowest BCUT2D eigenvalue weighted by Crippen LogP contribution is -2.19. The maximum atomic E-state index is 12.7. The summed E-state index contributed by atoms with van der Waals surface area (Å²) in [7, 11) is 0. The zero-order valence-corrected chi connectivity index (χ0v) is 10.2. The van der Waals surface area contributed by atoms with Gasteiger partial charge >= 0.3 is 5.69 Å². The van der Waals surface area contributed by atoms with Crippen LogP contribution in [0.2, 0.25) is 0 Å². The van der Waals surface area contributed by atoms with Crippen molar-refractivity contribution in [1.82, 2.24) is 9.97 Å². The molecule has 1 amide bonds. The minimum absolute atomic E-state index is 0.0353. The molecule has 2 aromatic rings. The lowest BCUT2D eigenvalue weighted by molar-refractivity contribution is 0.102. The second-order valence-electron chi connectivity index (χ2n) is 4.04. The van der Waals surface area contributed by atoms with Crippen molar-refractivity contribution in [3.05, 3.63) is 57.6 Å². The van der Waals surface area contributed by atoms with Crippen LogP contribution < -0.4 is 11.0 Å². The van der Waals surface area contributed by atoms with Gasteiger partial charge in [0.05, 0.1) is 0 Å². The van der Waals surface area contributed by atoms with Crippen LogP contribution in [0.15, 0.2) is 35.3 Å². The van der Waals surface area contributed by atoms with Gasteiger partial charge in [0.25, 0.3) is 5.91 Å². The lowest BCUT2D eigenvalue weighted by atomic mass is 10.1. The number of aromatic nitrogens is 2. The molecule has 0 unspecified atom stereocenters. The summed E-state index contributed by atoms with van der Waals surface area (Å²) in [5.74, 6) is -0.385. The number of halogens is 1. The van der Waals surface area contributed by atoms with Crippen molar-refractivity contribution in [3.8, 4) is 0 Å². The number of hydrogen-bond donors (Lipinski definition) is 2. The molecular formula is C13H12FN3O2. The first-order chi connectivity index (χ1) is 9.10. The van der Waals surface area contributed by atoms with Gasteiger partial charge in [0.2, 0.25) is 0 Å². The highest BCUT2D eigenvalue weighted by Gasteiger charge is 2.10. The third-order valence-electron chi connectivity index (χ3n) is 2.59. The number of nitrogens with zero attached hydrogens (tertiary/aromatic N) is 1. The third kappa shape index (κ3) is 3.04. The van der Waals surface area contributed by atoms with Crippen LogP contribution in [-0.4, -0.2) is 15.9 Å². The van der Waals surface area contributed by atoms with E-state index >= 15 is 0 Å². The van der Waals surface area contributed by atoms with E-state index in [2.05, 4.69) is 15.3 Å². The Morgan fingerprint density at radius 1 is 1.37 bits per heavy atom. The number of aryl methyl sites for hydroxylation is 1. The highest BCUT2D eigenvalue weighted by atomic mass is 19.1. The maximum absolute atomic E-state index is 12.7. The Hall–Kier alpha value is -2.50. The molecule has 1 aromatic carbocycles. The van der Waals surface area contributed by atoms with Gasteiger partial charge in [-0.05, 0) is 19.1 Å². The molecule has 2 N–H and O–H groups in total. The molecule has 0 aliphatic rings. The number of H-pyrrole nitrogens is 1. The van der Waals surface area contributed by atoms with Crippen molar-refractivity contribution in [2.45, 2.75) is 13.6 Å². The molecule has 6 heteroatoms. The quantitative estimate of drug-likeness (QED) is 0.884. The van der Waals surface area contributed by atoms with Crippen LogP contribution in [0.25, 0.3) is 0 Å². The van der Waals surface area contributed by atoms with Gasteiger partial charge < -0.3 is 5.32 Å². The smallest absolute Gasteiger partial charge is 0.308 e. The van der Waals surface area contributed by atoms with E-state index in [0.29, 0.717) is 5.56 Å². The number of alkyl halides is 1. The first-order valence-corrected chi connectivity index (χ1v) is 5.62. The number of anilines is 1. The summed E-state index contributed by atoms with van der Waals surface area (Å²) >= 11 is 0. The Balaban J connectivity index is 2.26. The summed E-state index contributed by atoms with van der Waals surface area (Å²) in [6, 6.07) is 6.89. The molecule has 0 atom stereocenters. The second kappa shape index (κ2) is 5.43. The highest BCUT2D eigenvalue weighted by Crippen LogP contribution is 2.12. The average molecular weight is 261 g/mol. The van der Waals surface area contributed by atoms with Crippen molar-refractivity contribution in [1.29, 1.82) is 0 Å². The Morgan fingerprint density at radius 2 is 2.05 bits per heavy atom. The third-order valence-corrected chi connectivity index (χ3v) is 2.59. The molecule has 1 heterocycles. The molecule has 0 aliphatic heterocycles. The number of hydrogen-bond acceptors (Lipinski definition) is 3. The monoisotopic (exact) mass is 261 g/mol. The Kier molecular flexibility index (Phi) is 3.70. The Labute approximate surface area is 108 Å². The van der Waals surface area contributed by atoms with E-state index in [-0.39, 0.29) is 11.4 Å². The van der Waals surface area contributed by atoms with Gasteiger partial charge in [0.15, 0.2) is 0 Å². The summed E-state index contributed by atoms with van der Waals surface area (Å²) in [6.07, 6.45) is 1.10. The maximum Gasteiger partial charge on any atom is 0.346 e. The molecule has 19 heavy (non-hydrogen) atoms. The van der Waals surface area contributed by atoms with Crippen LogP contribution >= 0.6 is 0 Å². The predicted molar refractivity (Wildman–Crippen MR) is 68.8 cm³/mol. The molecule has 0 radical (unpaired) electrons. The normalized spacial score (nSPS) is 10.2. The SMILES string of the molecule is Cc1ccc(C(=O)Nc2[nH]c(=O)ncc2CF)cc1. The molecule has 0 fully saturated rings. The van der Waals surface area contributed by atoms with Gasteiger partial charge in [-0.25, -0.2) is 14.2 Å². The van der Waals surface area contributed by atoms with Gasteiger partial charge in [-0.1, -0.05) is 17.7 Å². The van der Waals surface area contributed by atoms with Crippen LogP contribution in [0.5, 0.6) is 0 Å². The largest absolute Gasteiger partial charge is 0.346 e. The Bertz CT molecular complexity index is 650. The molecule has 98 valence electrons. The number of benzene rings is 1. The summed E-state index contributed by atoms with van der Waals surface area (Å²) in [4.78, 5) is 28.7. The summed E-state index contributed by atoms with van der Waals surface area (Å²) in [5.41, 5.74) is 0.933. The van der Waals surface area contributed by atoms with E-state index in [1.54, 1.807) is 24.3 Å². The fraction of sp³-hybridized carbons (Fsp3) is 0.154. The van der Waals surface area contributed by atoms with Crippen molar-refractivity contribution in [2.24, 2.45) is 0 Å². The molecule has 5 nitrogen and oxygen atoms in total. The van der Waals surface area contributed by atoms with Crippen molar-refractivity contribution >= 4 is 11.7 Å². The molecule has 0 saturated heterocycles. The van der Waals surface area contributed by atoms with E-state index in [9.17, 15) is 14.0 Å². The van der Waals surface area contributed by atoms with Crippen LogP contribution in [0.3, 0.4) is 0 Å². The topological polar surface area (TPSA) is 74.8 Å². The van der Waals surface area contributed by atoms with Crippen LogP contribution in [0, 0.1) is 6.92 Å². The zero-order valence-electron chi connectivity index (χ0n) is 10.2. The molecule has 0 bridgehead atoms. The molecule has 0 spiro atoms. The van der Waals surface area contributed by atoms with Gasteiger partial charge in [-0.2, -0.15) is 0 Å². The number of rotatable bonds is 3. The van der Waals surface area contributed by atoms with Crippen LogP contribution in [-0.2, 0) is 6.67 Å². The van der Waals surface area contributed by atoms with E-state index in [1.165, 1.54) is 0 Å². The number of carbonyl (C=O) groups is 1. The summed E-state index contributed by atoms with van der Waals surface area (Å²) < 4.78 is 12.7. The average Bonchev–Trinajstić information content (AvgIpc) is 2.39. The number of carbonyl (C=O) groups excluding carboxylic acids is 1.